The number of hydrogen-bond acceptors (Lipinski definition) is 9. The third-order valence-corrected chi connectivity index (χ3v) is 9.89. The number of nitrogens with one attached hydrogen (secondary N) is 3. The van der Waals surface area contributed by atoms with Crippen LogP contribution in [0.1, 0.15) is 47.8 Å². The molecule has 0 aromatic heterocycles. The van der Waals surface area contributed by atoms with Gasteiger partial charge in [-0.2, -0.15) is 39.5 Å². The average Bonchev–Trinajstić information content (AvgIpc) is 3.34. The summed E-state index contributed by atoms with van der Waals surface area (Å²) in [5, 5.41) is 5.14. The van der Waals surface area contributed by atoms with Gasteiger partial charge in [-0.15, -0.1) is 0 Å². The van der Waals surface area contributed by atoms with Gasteiger partial charge in [-0.05, 0) is 164 Å². The Morgan fingerprint density at radius 1 is 0.278 bits per heavy atom. The van der Waals surface area contributed by atoms with Crippen LogP contribution in [0.25, 0.3) is 0 Å². The number of carbonyl (C=O) groups is 6. The van der Waals surface area contributed by atoms with Gasteiger partial charge in [0.15, 0.2) is 17.3 Å². The number of ether oxygens (including phenoxy) is 3. The quantitative estimate of drug-likeness (QED) is 0.0669. The van der Waals surface area contributed by atoms with Crippen LogP contribution in [0, 0.1) is 0 Å². The Morgan fingerprint density at radius 2 is 0.458 bits per heavy atom. The van der Waals surface area contributed by atoms with Gasteiger partial charge < -0.3 is 30.2 Å². The van der Waals surface area contributed by atoms with Crippen LogP contribution in [0.4, 0.5) is 56.6 Å². The zero-order valence-electron chi connectivity index (χ0n) is 36.2. The molecule has 7 aromatic rings. The maximum atomic E-state index is 14.1. The molecule has 12 nitrogen and oxygen atoms in total. The number of hydrogen-bond donors (Lipinski definition) is 3. The van der Waals surface area contributed by atoms with Gasteiger partial charge in [0, 0.05) is 50.4 Å². The van der Waals surface area contributed by atoms with Crippen LogP contribution in [0.3, 0.4) is 0 Å². The fraction of sp³-hybridized carbons (Fsp3) is 0.0588. The molecule has 0 heterocycles. The Bertz CT molecular complexity index is 2810. The zero-order valence-corrected chi connectivity index (χ0v) is 36.2. The van der Waals surface area contributed by atoms with Gasteiger partial charge in [0.2, 0.25) is 0 Å². The number of ketones is 3. The molecule has 0 unspecified atom stereocenters. The van der Waals surface area contributed by atoms with Gasteiger partial charge in [0.05, 0.1) is 0 Å². The van der Waals surface area contributed by atoms with Crippen LogP contribution in [0.5, 0.6) is 34.5 Å². The maximum Gasteiger partial charge on any atom is 0.471 e. The van der Waals surface area contributed by atoms with Crippen molar-refractivity contribution in [2.24, 2.45) is 0 Å². The molecule has 3 N–H and O–H groups in total. The van der Waals surface area contributed by atoms with Crippen LogP contribution in [-0.4, -0.2) is 53.6 Å². The lowest BCUT2D eigenvalue weighted by Crippen LogP contribution is -2.29. The van der Waals surface area contributed by atoms with E-state index in [-0.39, 0.29) is 84.9 Å². The molecule has 0 aliphatic heterocycles. The lowest BCUT2D eigenvalue weighted by molar-refractivity contribution is -0.167. The maximum absolute atomic E-state index is 14.1. The van der Waals surface area contributed by atoms with Crippen molar-refractivity contribution in [2.75, 3.05) is 16.0 Å². The van der Waals surface area contributed by atoms with E-state index in [1.54, 1.807) is 16.0 Å². The minimum atomic E-state index is -5.09. The second-order valence-corrected chi connectivity index (χ2v) is 15.1. The summed E-state index contributed by atoms with van der Waals surface area (Å²) in [5.74, 6) is -7.22. The summed E-state index contributed by atoms with van der Waals surface area (Å²) in [5.41, 5.74) is -0.409. The predicted octanol–water partition coefficient (Wildman–Crippen LogP) is 12.3. The van der Waals surface area contributed by atoms with Gasteiger partial charge in [0.25, 0.3) is 0 Å². The van der Waals surface area contributed by atoms with E-state index in [0.717, 1.165) is 0 Å². The summed E-state index contributed by atoms with van der Waals surface area (Å²) in [4.78, 5) is 75.9. The molecule has 0 atom stereocenters. The highest BCUT2D eigenvalue weighted by molar-refractivity contribution is 6.17. The van der Waals surface area contributed by atoms with Crippen molar-refractivity contribution in [3.8, 4) is 34.5 Å². The fourth-order valence-corrected chi connectivity index (χ4v) is 6.38. The molecular formula is C51H30F9N3O9. The molecule has 366 valence electrons. The minimum absolute atomic E-state index is 0.0843. The van der Waals surface area contributed by atoms with Crippen molar-refractivity contribution in [3.63, 3.8) is 0 Å². The average molecular weight is 1000 g/mol. The molecule has 72 heavy (non-hydrogen) atoms. The number of alkyl halides is 9. The normalized spacial score (nSPS) is 11.5. The van der Waals surface area contributed by atoms with E-state index < -0.39 is 53.6 Å². The van der Waals surface area contributed by atoms with Crippen molar-refractivity contribution in [1.82, 2.24) is 0 Å². The number of anilines is 3. The van der Waals surface area contributed by atoms with E-state index in [1.807, 2.05) is 0 Å². The second-order valence-electron chi connectivity index (χ2n) is 15.1. The summed E-state index contributed by atoms with van der Waals surface area (Å²) in [6, 6.07) is 35.6. The molecule has 0 bridgehead atoms. The smallest absolute Gasteiger partial charge is 0.457 e. The van der Waals surface area contributed by atoms with Crippen molar-refractivity contribution < 1.29 is 82.5 Å². The number of rotatable bonds is 15. The van der Waals surface area contributed by atoms with Crippen LogP contribution in [-0.2, 0) is 14.4 Å². The molecule has 0 radical (unpaired) electrons. The van der Waals surface area contributed by atoms with E-state index >= 15 is 0 Å². The summed E-state index contributed by atoms with van der Waals surface area (Å²) < 4.78 is 131. The molecule has 0 saturated carbocycles. The van der Waals surface area contributed by atoms with E-state index in [1.165, 1.54) is 164 Å². The van der Waals surface area contributed by atoms with Crippen LogP contribution in [0.15, 0.2) is 164 Å². The third kappa shape index (κ3) is 13.1. The molecule has 3 amide bonds. The van der Waals surface area contributed by atoms with Gasteiger partial charge in [-0.3, -0.25) is 28.8 Å². The predicted molar refractivity (Wildman–Crippen MR) is 240 cm³/mol. The zero-order chi connectivity index (χ0) is 52.0. The first-order chi connectivity index (χ1) is 34.0. The van der Waals surface area contributed by atoms with E-state index in [4.69, 9.17) is 14.2 Å². The first-order valence-corrected chi connectivity index (χ1v) is 20.6. The number of halogens is 9. The molecular weight excluding hydrogens is 970 g/mol. The summed E-state index contributed by atoms with van der Waals surface area (Å²) in [6.07, 6.45) is -15.3. The molecule has 0 aliphatic rings. The summed E-state index contributed by atoms with van der Waals surface area (Å²) in [7, 11) is 0. The summed E-state index contributed by atoms with van der Waals surface area (Å²) >= 11 is 0. The topological polar surface area (TPSA) is 166 Å². The van der Waals surface area contributed by atoms with Gasteiger partial charge in [-0.1, -0.05) is 0 Å². The summed E-state index contributed by atoms with van der Waals surface area (Å²) in [6.45, 7) is 0. The van der Waals surface area contributed by atoms with Gasteiger partial charge in [0.1, 0.15) is 34.5 Å². The van der Waals surface area contributed by atoms with Crippen molar-refractivity contribution in [1.29, 1.82) is 0 Å². The molecule has 0 aliphatic carbocycles. The monoisotopic (exact) mass is 999 g/mol. The number of amides is 3. The standard InChI is InChI=1S/C51H30F9N3O9/c52-49(53,54)46(67)61-34-7-19-40(20-8-34)70-37-13-1-28(2-14-37)43(64)31-25-32(44(65)29-3-15-38(16-4-29)71-41-21-9-35(10-22-41)62-47(68)50(55,56)57)27-33(26-31)45(66)30-5-17-39(18-6-30)72-42-23-11-36(12-24-42)63-48(69)51(58,59)60/h1-27H,(H,61,67)(H,62,68)(H,63,69). The molecule has 7 aromatic carbocycles. The van der Waals surface area contributed by atoms with Crippen LogP contribution >= 0.6 is 0 Å². The van der Waals surface area contributed by atoms with Gasteiger partial charge >= 0.3 is 36.3 Å². The fourth-order valence-electron chi connectivity index (χ4n) is 6.38. The van der Waals surface area contributed by atoms with E-state index in [9.17, 15) is 68.3 Å². The lowest BCUT2D eigenvalue weighted by atomic mass is 9.92. The van der Waals surface area contributed by atoms with Gasteiger partial charge in [-0.25, -0.2) is 0 Å². The van der Waals surface area contributed by atoms with Crippen molar-refractivity contribution in [3.05, 3.63) is 197 Å². The Morgan fingerprint density at radius 3 is 0.639 bits per heavy atom. The van der Waals surface area contributed by atoms with Crippen LogP contribution in [0.2, 0.25) is 0 Å². The molecule has 0 spiro atoms. The Labute approximate surface area is 400 Å². The van der Waals surface area contributed by atoms with Crippen molar-refractivity contribution >= 4 is 52.1 Å². The number of carbonyl (C=O) groups excluding carboxylic acids is 6. The SMILES string of the molecule is O=C(c1ccc(Oc2ccc(NC(=O)C(F)(F)F)cc2)cc1)c1cc(C(=O)c2ccc(Oc3ccc(NC(=O)C(F)(F)F)cc3)cc2)cc(C(=O)c2ccc(Oc3ccc(NC(=O)C(F)(F)F)cc3)cc2)c1. The molecule has 0 fully saturated rings. The van der Waals surface area contributed by atoms with Crippen LogP contribution < -0.4 is 30.2 Å². The lowest BCUT2D eigenvalue weighted by Gasteiger charge is -2.12. The highest BCUT2D eigenvalue weighted by atomic mass is 19.4. The Kier molecular flexibility index (Phi) is 14.6. The minimum Gasteiger partial charge on any atom is -0.457 e. The first kappa shape index (κ1) is 50.6. The third-order valence-electron chi connectivity index (χ3n) is 9.89. The van der Waals surface area contributed by atoms with E-state index in [0.29, 0.717) is 0 Å². The molecule has 7 rings (SSSR count). The van der Waals surface area contributed by atoms with E-state index in [2.05, 4.69) is 0 Å². The Balaban J connectivity index is 1.10. The molecule has 21 heteroatoms. The highest BCUT2D eigenvalue weighted by Gasteiger charge is 2.40. The second kappa shape index (κ2) is 20.8. The molecule has 0 saturated heterocycles. The van der Waals surface area contributed by atoms with Crippen molar-refractivity contribution in [2.45, 2.75) is 18.5 Å². The number of benzene rings is 7. The Hall–Kier alpha value is -9.27. The highest BCUT2D eigenvalue weighted by Crippen LogP contribution is 2.30. The first-order valence-electron chi connectivity index (χ1n) is 20.6. The largest absolute Gasteiger partial charge is 0.471 e.